The second-order valence-corrected chi connectivity index (χ2v) is 5.78. The summed E-state index contributed by atoms with van der Waals surface area (Å²) in [5.74, 6) is 0.723. The number of rotatable bonds is 4. The molecule has 0 unspecified atom stereocenters. The lowest BCUT2D eigenvalue weighted by Crippen LogP contribution is -2.09. The lowest BCUT2D eigenvalue weighted by atomic mass is 10.3. The minimum Gasteiger partial charge on any atom is -0.485 e. The van der Waals surface area contributed by atoms with Crippen LogP contribution in [0.25, 0.3) is 0 Å². The maximum atomic E-state index is 11.8. The van der Waals surface area contributed by atoms with Crippen LogP contribution in [0.5, 0.6) is 5.75 Å². The summed E-state index contributed by atoms with van der Waals surface area (Å²) in [7, 11) is 0. The lowest BCUT2D eigenvalue weighted by Gasteiger charge is -2.04. The van der Waals surface area contributed by atoms with Crippen molar-refractivity contribution in [2.75, 3.05) is 6.61 Å². The van der Waals surface area contributed by atoms with Crippen LogP contribution in [0.2, 0.25) is 0 Å². The Hall–Kier alpha value is -1.13. The van der Waals surface area contributed by atoms with E-state index in [9.17, 15) is 4.79 Å². The highest BCUT2D eigenvalue weighted by Crippen LogP contribution is 2.18. The van der Waals surface area contributed by atoms with E-state index in [2.05, 4.69) is 15.9 Å². The first-order valence-corrected chi connectivity index (χ1v) is 6.74. The Kier molecular flexibility index (Phi) is 3.97. The minimum atomic E-state index is 0.0195. The number of hydrogen-bond donors (Lipinski definition) is 0. The van der Waals surface area contributed by atoms with Gasteiger partial charge in [-0.15, -0.1) is 11.3 Å². The van der Waals surface area contributed by atoms with Crippen molar-refractivity contribution in [3.05, 3.63) is 50.6 Å². The van der Waals surface area contributed by atoms with Crippen LogP contribution in [0, 0.1) is 6.92 Å². The Balaban J connectivity index is 1.94. The highest BCUT2D eigenvalue weighted by atomic mass is 79.9. The second-order valence-electron chi connectivity index (χ2n) is 3.58. The zero-order chi connectivity index (χ0) is 12.3. The number of carbonyl (C=O) groups is 1. The molecular weight excluding hydrogens is 300 g/mol. The SMILES string of the molecule is Cc1ccc(C(=O)COc2ccc(Br)cc2)s1. The molecule has 4 heteroatoms. The fourth-order valence-corrected chi connectivity index (χ4v) is 2.39. The molecular formula is C13H11BrO2S. The molecule has 0 bridgehead atoms. The van der Waals surface area contributed by atoms with Crippen LogP contribution < -0.4 is 4.74 Å². The number of hydrogen-bond acceptors (Lipinski definition) is 3. The molecule has 2 aromatic rings. The van der Waals surface area contributed by atoms with Gasteiger partial charge in [0.1, 0.15) is 5.75 Å². The van der Waals surface area contributed by atoms with Crippen molar-refractivity contribution in [1.29, 1.82) is 0 Å². The number of ketones is 1. The highest BCUT2D eigenvalue weighted by molar-refractivity contribution is 9.10. The molecule has 0 saturated carbocycles. The normalized spacial score (nSPS) is 10.2. The van der Waals surface area contributed by atoms with Gasteiger partial charge in [0.2, 0.25) is 5.78 Å². The van der Waals surface area contributed by atoms with E-state index in [1.807, 2.05) is 43.3 Å². The van der Waals surface area contributed by atoms with Gasteiger partial charge in [0.05, 0.1) is 4.88 Å². The van der Waals surface area contributed by atoms with E-state index in [1.54, 1.807) is 0 Å². The number of Topliss-reactive ketones (excluding diaryl/α,β-unsaturated/α-hetero) is 1. The molecule has 0 amide bonds. The smallest absolute Gasteiger partial charge is 0.210 e. The van der Waals surface area contributed by atoms with Gasteiger partial charge in [-0.3, -0.25) is 4.79 Å². The summed E-state index contributed by atoms with van der Waals surface area (Å²) in [5, 5.41) is 0. The zero-order valence-corrected chi connectivity index (χ0v) is 11.7. The van der Waals surface area contributed by atoms with Gasteiger partial charge in [-0.25, -0.2) is 0 Å². The molecule has 1 aromatic carbocycles. The Morgan fingerprint density at radius 2 is 1.94 bits per heavy atom. The van der Waals surface area contributed by atoms with Crippen LogP contribution >= 0.6 is 27.3 Å². The molecule has 0 aliphatic carbocycles. The molecule has 1 heterocycles. The van der Waals surface area contributed by atoms with Gasteiger partial charge in [-0.1, -0.05) is 15.9 Å². The molecule has 0 fully saturated rings. The number of ether oxygens (including phenoxy) is 1. The van der Waals surface area contributed by atoms with E-state index in [1.165, 1.54) is 11.3 Å². The summed E-state index contributed by atoms with van der Waals surface area (Å²) < 4.78 is 6.41. The first-order chi connectivity index (χ1) is 8.15. The van der Waals surface area contributed by atoms with Crippen molar-refractivity contribution in [1.82, 2.24) is 0 Å². The molecule has 0 saturated heterocycles. The van der Waals surface area contributed by atoms with E-state index in [4.69, 9.17) is 4.74 Å². The van der Waals surface area contributed by atoms with Crippen LogP contribution in [0.3, 0.4) is 0 Å². The molecule has 0 radical (unpaired) electrons. The summed E-state index contributed by atoms with van der Waals surface area (Å²) in [6, 6.07) is 11.2. The Labute approximate surface area is 112 Å². The number of carbonyl (C=O) groups excluding carboxylic acids is 1. The molecule has 0 spiro atoms. The molecule has 2 nitrogen and oxygen atoms in total. The number of thiophene rings is 1. The van der Waals surface area contributed by atoms with Crippen molar-refractivity contribution < 1.29 is 9.53 Å². The monoisotopic (exact) mass is 310 g/mol. The second kappa shape index (κ2) is 5.47. The maximum absolute atomic E-state index is 11.8. The Bertz CT molecular complexity index is 516. The topological polar surface area (TPSA) is 26.3 Å². The summed E-state index contributed by atoms with van der Waals surface area (Å²) in [6.07, 6.45) is 0. The van der Waals surface area contributed by atoms with E-state index in [0.29, 0.717) is 5.75 Å². The van der Waals surface area contributed by atoms with Crippen LogP contribution in [0.4, 0.5) is 0 Å². The molecule has 0 N–H and O–H groups in total. The maximum Gasteiger partial charge on any atom is 0.210 e. The van der Waals surface area contributed by atoms with E-state index >= 15 is 0 Å². The predicted octanol–water partition coefficient (Wildman–Crippen LogP) is 4.08. The van der Waals surface area contributed by atoms with Crippen LogP contribution in [0.1, 0.15) is 14.5 Å². The standard InChI is InChI=1S/C13H11BrO2S/c1-9-2-7-13(17-9)12(15)8-16-11-5-3-10(14)4-6-11/h2-7H,8H2,1H3. The van der Waals surface area contributed by atoms with Gasteiger partial charge in [0, 0.05) is 9.35 Å². The average molecular weight is 311 g/mol. The van der Waals surface area contributed by atoms with E-state index < -0.39 is 0 Å². The molecule has 88 valence electrons. The van der Waals surface area contributed by atoms with E-state index in [-0.39, 0.29) is 12.4 Å². The largest absolute Gasteiger partial charge is 0.485 e. The van der Waals surface area contributed by atoms with Crippen molar-refractivity contribution in [2.24, 2.45) is 0 Å². The van der Waals surface area contributed by atoms with Gasteiger partial charge < -0.3 is 4.74 Å². The van der Waals surface area contributed by atoms with Gasteiger partial charge in [-0.05, 0) is 43.3 Å². The van der Waals surface area contributed by atoms with Crippen LogP contribution in [-0.4, -0.2) is 12.4 Å². The third-order valence-corrected chi connectivity index (χ3v) is 3.77. The molecule has 0 aliphatic rings. The zero-order valence-electron chi connectivity index (χ0n) is 9.27. The highest BCUT2D eigenvalue weighted by Gasteiger charge is 2.08. The number of aryl methyl sites for hydroxylation is 1. The molecule has 17 heavy (non-hydrogen) atoms. The average Bonchev–Trinajstić information content (AvgIpc) is 2.75. The third-order valence-electron chi connectivity index (χ3n) is 2.20. The Morgan fingerprint density at radius 3 is 2.53 bits per heavy atom. The summed E-state index contributed by atoms with van der Waals surface area (Å²) in [4.78, 5) is 13.7. The van der Waals surface area contributed by atoms with Crippen LogP contribution in [0.15, 0.2) is 40.9 Å². The summed E-state index contributed by atoms with van der Waals surface area (Å²) in [6.45, 7) is 2.07. The van der Waals surface area contributed by atoms with Gasteiger partial charge in [0.15, 0.2) is 6.61 Å². The van der Waals surface area contributed by atoms with Crippen LogP contribution in [-0.2, 0) is 0 Å². The summed E-state index contributed by atoms with van der Waals surface area (Å²) in [5.41, 5.74) is 0. The number of benzene rings is 1. The van der Waals surface area contributed by atoms with Gasteiger partial charge >= 0.3 is 0 Å². The summed E-state index contributed by atoms with van der Waals surface area (Å²) >= 11 is 4.84. The first kappa shape index (κ1) is 12.3. The third kappa shape index (κ3) is 3.41. The fourth-order valence-electron chi connectivity index (χ4n) is 1.34. The predicted molar refractivity (Wildman–Crippen MR) is 73.0 cm³/mol. The molecule has 0 atom stereocenters. The van der Waals surface area contributed by atoms with Crippen molar-refractivity contribution in [2.45, 2.75) is 6.92 Å². The molecule has 1 aromatic heterocycles. The first-order valence-electron chi connectivity index (χ1n) is 5.13. The Morgan fingerprint density at radius 1 is 1.24 bits per heavy atom. The van der Waals surface area contributed by atoms with Crippen molar-refractivity contribution >= 4 is 33.0 Å². The van der Waals surface area contributed by atoms with Crippen molar-refractivity contribution in [3.8, 4) is 5.75 Å². The van der Waals surface area contributed by atoms with E-state index in [0.717, 1.165) is 14.2 Å². The van der Waals surface area contributed by atoms with Gasteiger partial charge in [-0.2, -0.15) is 0 Å². The van der Waals surface area contributed by atoms with Gasteiger partial charge in [0.25, 0.3) is 0 Å². The quantitative estimate of drug-likeness (QED) is 0.795. The lowest BCUT2D eigenvalue weighted by molar-refractivity contribution is 0.0925. The number of halogens is 1. The molecule has 0 aliphatic heterocycles. The molecule has 2 rings (SSSR count). The van der Waals surface area contributed by atoms with Crippen molar-refractivity contribution in [3.63, 3.8) is 0 Å². The fraction of sp³-hybridized carbons (Fsp3) is 0.154. The minimum absolute atomic E-state index is 0.0195.